The predicted octanol–water partition coefficient (Wildman–Crippen LogP) is 2.66. The first-order valence-corrected chi connectivity index (χ1v) is 5.46. The van der Waals surface area contributed by atoms with Gasteiger partial charge in [0.1, 0.15) is 0 Å². The molecule has 0 saturated carbocycles. The maximum Gasteiger partial charge on any atom is 0.250 e. The third kappa shape index (κ3) is 3.48. The van der Waals surface area contributed by atoms with Crippen molar-refractivity contribution in [3.8, 4) is 0 Å². The van der Waals surface area contributed by atoms with E-state index in [2.05, 4.69) is 15.9 Å². The summed E-state index contributed by atoms with van der Waals surface area (Å²) in [6.45, 7) is 0. The number of likely N-dealkylation sites (N-methyl/N-ethyl adjacent to an activating group) is 1. The van der Waals surface area contributed by atoms with Crippen LogP contribution in [0, 0.1) is 0 Å². The lowest BCUT2D eigenvalue weighted by Gasteiger charge is -2.14. The minimum absolute atomic E-state index is 0.125. The standard InChI is InChI=1S/C10H11BrClNO2/c1-13(15-2)10(14)6-7-5-8(12)3-4-9(7)11/h3-5H,6H2,1-2H3. The molecular formula is C10H11BrClNO2. The Morgan fingerprint density at radius 1 is 1.60 bits per heavy atom. The van der Waals surface area contributed by atoms with Crippen LogP contribution < -0.4 is 0 Å². The van der Waals surface area contributed by atoms with Crippen molar-refractivity contribution in [1.82, 2.24) is 5.06 Å². The predicted molar refractivity (Wildman–Crippen MR) is 62.6 cm³/mol. The molecule has 5 heteroatoms. The zero-order valence-corrected chi connectivity index (χ0v) is 10.8. The summed E-state index contributed by atoms with van der Waals surface area (Å²) in [6.07, 6.45) is 0.255. The third-order valence-electron chi connectivity index (χ3n) is 1.97. The number of rotatable bonds is 3. The number of nitrogens with zero attached hydrogens (tertiary/aromatic N) is 1. The first kappa shape index (κ1) is 12.5. The summed E-state index contributed by atoms with van der Waals surface area (Å²) < 4.78 is 0.866. The van der Waals surface area contributed by atoms with Crippen LogP contribution in [0.25, 0.3) is 0 Å². The van der Waals surface area contributed by atoms with Crippen molar-refractivity contribution >= 4 is 33.4 Å². The number of hydrogen-bond acceptors (Lipinski definition) is 2. The van der Waals surface area contributed by atoms with Gasteiger partial charge in [-0.05, 0) is 23.8 Å². The van der Waals surface area contributed by atoms with Crippen LogP contribution in [0.2, 0.25) is 5.02 Å². The molecule has 82 valence electrons. The molecule has 0 radical (unpaired) electrons. The highest BCUT2D eigenvalue weighted by atomic mass is 79.9. The van der Waals surface area contributed by atoms with Crippen LogP contribution in [0.3, 0.4) is 0 Å². The van der Waals surface area contributed by atoms with Crippen molar-refractivity contribution in [2.75, 3.05) is 14.2 Å². The molecule has 0 aliphatic carbocycles. The average Bonchev–Trinajstić information content (AvgIpc) is 2.22. The summed E-state index contributed by atoms with van der Waals surface area (Å²) in [5.41, 5.74) is 0.844. The van der Waals surface area contributed by atoms with E-state index >= 15 is 0 Å². The Morgan fingerprint density at radius 3 is 2.87 bits per heavy atom. The molecule has 15 heavy (non-hydrogen) atoms. The number of halogens is 2. The van der Waals surface area contributed by atoms with E-state index in [1.165, 1.54) is 12.2 Å². The summed E-state index contributed by atoms with van der Waals surface area (Å²) in [7, 11) is 3.02. The fourth-order valence-corrected chi connectivity index (χ4v) is 1.64. The summed E-state index contributed by atoms with van der Waals surface area (Å²) in [5, 5.41) is 1.80. The first-order valence-electron chi connectivity index (χ1n) is 4.29. The number of carbonyl (C=O) groups is 1. The quantitative estimate of drug-likeness (QED) is 0.802. The van der Waals surface area contributed by atoms with Gasteiger partial charge in [-0.3, -0.25) is 9.63 Å². The highest BCUT2D eigenvalue weighted by Crippen LogP contribution is 2.21. The molecule has 0 heterocycles. The van der Waals surface area contributed by atoms with Crippen molar-refractivity contribution < 1.29 is 9.63 Å². The molecule has 1 amide bonds. The molecule has 0 bridgehead atoms. The van der Waals surface area contributed by atoms with E-state index in [0.717, 1.165) is 10.0 Å². The largest absolute Gasteiger partial charge is 0.275 e. The lowest BCUT2D eigenvalue weighted by molar-refractivity contribution is -0.167. The molecular weight excluding hydrogens is 281 g/mol. The molecule has 0 unspecified atom stereocenters. The second-order valence-electron chi connectivity index (χ2n) is 2.99. The van der Waals surface area contributed by atoms with E-state index in [4.69, 9.17) is 16.4 Å². The topological polar surface area (TPSA) is 29.5 Å². The van der Waals surface area contributed by atoms with E-state index in [9.17, 15) is 4.79 Å². The lowest BCUT2D eigenvalue weighted by Crippen LogP contribution is -2.27. The van der Waals surface area contributed by atoms with Crippen molar-refractivity contribution in [2.45, 2.75) is 6.42 Å². The van der Waals surface area contributed by atoms with E-state index in [-0.39, 0.29) is 12.3 Å². The molecule has 0 saturated heterocycles. The highest BCUT2D eigenvalue weighted by Gasteiger charge is 2.11. The lowest BCUT2D eigenvalue weighted by atomic mass is 10.1. The van der Waals surface area contributed by atoms with Crippen LogP contribution in [0.1, 0.15) is 5.56 Å². The molecule has 1 aromatic rings. The second kappa shape index (κ2) is 5.49. The van der Waals surface area contributed by atoms with E-state index in [1.54, 1.807) is 19.2 Å². The van der Waals surface area contributed by atoms with Crippen LogP contribution in [-0.4, -0.2) is 25.1 Å². The third-order valence-corrected chi connectivity index (χ3v) is 2.98. The zero-order valence-electron chi connectivity index (χ0n) is 8.46. The Kier molecular flexibility index (Phi) is 4.57. The molecule has 0 aliphatic rings. The van der Waals surface area contributed by atoms with E-state index in [0.29, 0.717) is 5.02 Å². The van der Waals surface area contributed by atoms with Crippen molar-refractivity contribution in [3.05, 3.63) is 33.3 Å². The van der Waals surface area contributed by atoms with Crippen LogP contribution in [0.4, 0.5) is 0 Å². The van der Waals surface area contributed by atoms with Crippen LogP contribution in [0.5, 0.6) is 0 Å². The monoisotopic (exact) mass is 291 g/mol. The molecule has 0 aromatic heterocycles. The first-order chi connectivity index (χ1) is 7.04. The van der Waals surface area contributed by atoms with Gasteiger partial charge in [0.25, 0.3) is 0 Å². The molecule has 0 N–H and O–H groups in total. The number of hydroxylamine groups is 2. The van der Waals surface area contributed by atoms with Gasteiger partial charge in [-0.25, -0.2) is 5.06 Å². The van der Waals surface area contributed by atoms with Crippen molar-refractivity contribution in [1.29, 1.82) is 0 Å². The fourth-order valence-electron chi connectivity index (χ4n) is 1.05. The van der Waals surface area contributed by atoms with Gasteiger partial charge in [-0.1, -0.05) is 27.5 Å². The summed E-state index contributed by atoms with van der Waals surface area (Å²) in [6, 6.07) is 5.34. The summed E-state index contributed by atoms with van der Waals surface area (Å²) in [4.78, 5) is 16.3. The van der Waals surface area contributed by atoms with Gasteiger partial charge in [-0.2, -0.15) is 0 Å². The van der Waals surface area contributed by atoms with E-state index < -0.39 is 0 Å². The highest BCUT2D eigenvalue weighted by molar-refractivity contribution is 9.10. The normalized spacial score (nSPS) is 10.1. The zero-order chi connectivity index (χ0) is 11.4. The maximum absolute atomic E-state index is 11.5. The van der Waals surface area contributed by atoms with Crippen LogP contribution in [-0.2, 0) is 16.1 Å². The number of hydrogen-bond donors (Lipinski definition) is 0. The number of carbonyl (C=O) groups excluding carboxylic acids is 1. The van der Waals surface area contributed by atoms with Gasteiger partial charge in [0.15, 0.2) is 0 Å². The fraction of sp³-hybridized carbons (Fsp3) is 0.300. The minimum atomic E-state index is -0.125. The van der Waals surface area contributed by atoms with Gasteiger partial charge in [0.2, 0.25) is 5.91 Å². The second-order valence-corrected chi connectivity index (χ2v) is 4.28. The number of amides is 1. The Labute approximate surface area is 102 Å². The maximum atomic E-state index is 11.5. The summed E-state index contributed by atoms with van der Waals surface area (Å²) in [5.74, 6) is -0.125. The minimum Gasteiger partial charge on any atom is -0.275 e. The Hall–Kier alpha value is -0.580. The number of benzene rings is 1. The van der Waals surface area contributed by atoms with Gasteiger partial charge < -0.3 is 0 Å². The van der Waals surface area contributed by atoms with Gasteiger partial charge >= 0.3 is 0 Å². The van der Waals surface area contributed by atoms with Crippen molar-refractivity contribution in [2.24, 2.45) is 0 Å². The van der Waals surface area contributed by atoms with E-state index in [1.807, 2.05) is 6.07 Å². The summed E-state index contributed by atoms with van der Waals surface area (Å²) >= 11 is 9.20. The Bertz CT molecular complexity index is 370. The Morgan fingerprint density at radius 2 is 2.27 bits per heavy atom. The van der Waals surface area contributed by atoms with Crippen LogP contribution >= 0.6 is 27.5 Å². The smallest absolute Gasteiger partial charge is 0.250 e. The van der Waals surface area contributed by atoms with Gasteiger partial charge in [-0.15, -0.1) is 0 Å². The van der Waals surface area contributed by atoms with Crippen molar-refractivity contribution in [3.63, 3.8) is 0 Å². The van der Waals surface area contributed by atoms with Gasteiger partial charge in [0, 0.05) is 16.5 Å². The molecule has 1 aromatic carbocycles. The molecule has 0 atom stereocenters. The average molecular weight is 293 g/mol. The molecule has 0 fully saturated rings. The van der Waals surface area contributed by atoms with Crippen LogP contribution in [0.15, 0.2) is 22.7 Å². The Balaban J connectivity index is 2.80. The van der Waals surface area contributed by atoms with Gasteiger partial charge in [0.05, 0.1) is 13.5 Å². The SMILES string of the molecule is CON(C)C(=O)Cc1cc(Cl)ccc1Br. The molecule has 0 aliphatic heterocycles. The molecule has 3 nitrogen and oxygen atoms in total. The molecule has 0 spiro atoms. The molecule has 1 rings (SSSR count).